The van der Waals surface area contributed by atoms with Crippen molar-refractivity contribution in [2.75, 3.05) is 13.1 Å². The first-order valence-electron chi connectivity index (χ1n) is 4.46. The minimum atomic E-state index is -3.22. The van der Waals surface area contributed by atoms with Gasteiger partial charge < -0.3 is 10.6 Å². The Bertz CT molecular complexity index is 240. The van der Waals surface area contributed by atoms with Gasteiger partial charge in [-0.2, -0.15) is 8.78 Å². The molecule has 2 aliphatic rings. The van der Waals surface area contributed by atoms with Crippen LogP contribution in [0.4, 0.5) is 8.78 Å². The van der Waals surface area contributed by atoms with Gasteiger partial charge >= 0.3 is 5.92 Å². The van der Waals surface area contributed by atoms with Crippen LogP contribution in [0.1, 0.15) is 12.8 Å². The Hall–Kier alpha value is -0.710. The van der Waals surface area contributed by atoms with Crippen molar-refractivity contribution in [2.24, 2.45) is 11.7 Å². The fraction of sp³-hybridized carbons (Fsp3) is 0.875. The molecule has 0 aromatic carbocycles. The Morgan fingerprint density at radius 1 is 1.54 bits per heavy atom. The number of hydrogen-bond donors (Lipinski definition) is 1. The minimum absolute atomic E-state index is 0.0647. The smallest absolute Gasteiger partial charge is 0.330 e. The van der Waals surface area contributed by atoms with Crippen molar-refractivity contribution in [1.29, 1.82) is 0 Å². The largest absolute Gasteiger partial charge is 0.334 e. The van der Waals surface area contributed by atoms with Gasteiger partial charge in [-0.1, -0.05) is 0 Å². The summed E-state index contributed by atoms with van der Waals surface area (Å²) in [6, 6.07) is 0.0647. The van der Waals surface area contributed by atoms with E-state index in [9.17, 15) is 13.6 Å². The standard InChI is InChI=1S/C8H12F2N2O/c9-8(10)5(3-11)4-12(7(8)13)6-1-2-6/h5-6H,1-4,11H2/t5-/m0/s1. The maximum Gasteiger partial charge on any atom is 0.330 e. The summed E-state index contributed by atoms with van der Waals surface area (Å²) >= 11 is 0. The lowest BCUT2D eigenvalue weighted by Crippen LogP contribution is -2.37. The second-order valence-electron chi connectivity index (χ2n) is 3.74. The van der Waals surface area contributed by atoms with Crippen LogP contribution < -0.4 is 5.73 Å². The third-order valence-corrected chi connectivity index (χ3v) is 2.75. The molecule has 1 saturated carbocycles. The van der Waals surface area contributed by atoms with Gasteiger partial charge in [0.2, 0.25) is 0 Å². The number of likely N-dealkylation sites (tertiary alicyclic amines) is 1. The van der Waals surface area contributed by atoms with Crippen molar-refractivity contribution in [3.63, 3.8) is 0 Å². The monoisotopic (exact) mass is 190 g/mol. The zero-order valence-electron chi connectivity index (χ0n) is 7.17. The van der Waals surface area contributed by atoms with E-state index in [0.717, 1.165) is 12.8 Å². The number of nitrogens with two attached hydrogens (primary N) is 1. The number of amides is 1. The molecule has 0 unspecified atom stereocenters. The van der Waals surface area contributed by atoms with Crippen LogP contribution in [0.5, 0.6) is 0 Å². The SMILES string of the molecule is NC[C@H]1CN(C2CC2)C(=O)C1(F)F. The number of carbonyl (C=O) groups is 1. The Morgan fingerprint density at radius 3 is 2.54 bits per heavy atom. The van der Waals surface area contributed by atoms with Crippen LogP contribution in [0.15, 0.2) is 0 Å². The van der Waals surface area contributed by atoms with E-state index in [4.69, 9.17) is 5.73 Å². The molecule has 2 N–H and O–H groups in total. The van der Waals surface area contributed by atoms with E-state index in [0.29, 0.717) is 0 Å². The summed E-state index contributed by atoms with van der Waals surface area (Å²) in [5, 5.41) is 0. The molecular formula is C8H12F2N2O. The lowest BCUT2D eigenvalue weighted by atomic mass is 10.1. The van der Waals surface area contributed by atoms with Gasteiger partial charge in [-0.15, -0.1) is 0 Å². The highest BCUT2D eigenvalue weighted by Crippen LogP contribution is 2.39. The van der Waals surface area contributed by atoms with Crippen LogP contribution in [0, 0.1) is 5.92 Å². The molecule has 2 rings (SSSR count). The molecule has 1 aliphatic carbocycles. The number of hydrogen-bond acceptors (Lipinski definition) is 2. The molecule has 1 amide bonds. The first-order chi connectivity index (χ1) is 6.07. The van der Waals surface area contributed by atoms with Crippen LogP contribution >= 0.6 is 0 Å². The highest BCUT2D eigenvalue weighted by atomic mass is 19.3. The Morgan fingerprint density at radius 2 is 2.15 bits per heavy atom. The molecule has 2 fully saturated rings. The van der Waals surface area contributed by atoms with E-state index in [1.807, 2.05) is 0 Å². The van der Waals surface area contributed by atoms with Crippen molar-refractivity contribution >= 4 is 5.91 Å². The molecule has 1 aliphatic heterocycles. The highest BCUT2D eigenvalue weighted by molar-refractivity contribution is 5.86. The van der Waals surface area contributed by atoms with Gasteiger partial charge in [0.15, 0.2) is 0 Å². The first kappa shape index (κ1) is 8.87. The van der Waals surface area contributed by atoms with E-state index in [-0.39, 0.29) is 19.1 Å². The fourth-order valence-corrected chi connectivity index (χ4v) is 1.72. The molecule has 1 heterocycles. The molecule has 0 bridgehead atoms. The molecule has 0 aromatic rings. The zero-order valence-corrected chi connectivity index (χ0v) is 7.17. The second-order valence-corrected chi connectivity index (χ2v) is 3.74. The number of alkyl halides is 2. The van der Waals surface area contributed by atoms with E-state index in [1.54, 1.807) is 0 Å². The van der Waals surface area contributed by atoms with Gasteiger partial charge in [0, 0.05) is 19.1 Å². The Balaban J connectivity index is 2.16. The fourth-order valence-electron chi connectivity index (χ4n) is 1.72. The lowest BCUT2D eigenvalue weighted by molar-refractivity contribution is -0.151. The van der Waals surface area contributed by atoms with Gasteiger partial charge in [0.25, 0.3) is 5.91 Å². The average Bonchev–Trinajstić information content (AvgIpc) is 2.85. The van der Waals surface area contributed by atoms with E-state index >= 15 is 0 Å². The van der Waals surface area contributed by atoms with E-state index in [2.05, 4.69) is 0 Å². The summed E-state index contributed by atoms with van der Waals surface area (Å²) in [4.78, 5) is 12.5. The van der Waals surface area contributed by atoms with Gasteiger partial charge in [-0.25, -0.2) is 0 Å². The van der Waals surface area contributed by atoms with Gasteiger partial charge in [-0.05, 0) is 12.8 Å². The molecule has 5 heteroatoms. The van der Waals surface area contributed by atoms with Crippen LogP contribution in [-0.4, -0.2) is 35.9 Å². The lowest BCUT2D eigenvalue weighted by Gasteiger charge is -2.14. The van der Waals surface area contributed by atoms with Gasteiger partial charge in [0.1, 0.15) is 0 Å². The molecule has 13 heavy (non-hydrogen) atoms. The summed E-state index contributed by atoms with van der Waals surface area (Å²) in [6.07, 6.45) is 1.72. The van der Waals surface area contributed by atoms with Crippen molar-refractivity contribution in [3.8, 4) is 0 Å². The Labute approximate surface area is 74.9 Å². The Kier molecular flexibility index (Phi) is 1.80. The van der Waals surface area contributed by atoms with Crippen LogP contribution in [0.25, 0.3) is 0 Å². The molecular weight excluding hydrogens is 178 g/mol. The molecule has 0 radical (unpaired) electrons. The van der Waals surface area contributed by atoms with Crippen LogP contribution in [-0.2, 0) is 4.79 Å². The van der Waals surface area contributed by atoms with Crippen molar-refractivity contribution < 1.29 is 13.6 Å². The first-order valence-corrected chi connectivity index (χ1v) is 4.46. The quantitative estimate of drug-likeness (QED) is 0.676. The predicted molar refractivity (Wildman–Crippen MR) is 42.2 cm³/mol. The number of halogens is 2. The number of rotatable bonds is 2. The molecule has 0 spiro atoms. The molecule has 1 saturated heterocycles. The third-order valence-electron chi connectivity index (χ3n) is 2.75. The topological polar surface area (TPSA) is 46.3 Å². The number of nitrogens with zero attached hydrogens (tertiary/aromatic N) is 1. The second kappa shape index (κ2) is 2.64. The zero-order chi connectivity index (χ0) is 9.64. The minimum Gasteiger partial charge on any atom is -0.334 e. The summed E-state index contributed by atoms with van der Waals surface area (Å²) < 4.78 is 26.3. The average molecular weight is 190 g/mol. The molecule has 74 valence electrons. The molecule has 3 nitrogen and oxygen atoms in total. The summed E-state index contributed by atoms with van der Waals surface area (Å²) in [7, 11) is 0. The van der Waals surface area contributed by atoms with Crippen LogP contribution in [0.2, 0.25) is 0 Å². The van der Waals surface area contributed by atoms with E-state index in [1.165, 1.54) is 4.90 Å². The number of carbonyl (C=O) groups excluding carboxylic acids is 1. The van der Waals surface area contributed by atoms with Crippen molar-refractivity contribution in [1.82, 2.24) is 4.90 Å². The summed E-state index contributed by atoms with van der Waals surface area (Å²) in [5.41, 5.74) is 5.20. The normalized spacial score (nSPS) is 32.7. The summed E-state index contributed by atoms with van der Waals surface area (Å²) in [6.45, 7) is 0.00889. The van der Waals surface area contributed by atoms with Gasteiger partial charge in [0.05, 0.1) is 5.92 Å². The molecule has 0 aromatic heterocycles. The van der Waals surface area contributed by atoms with Crippen molar-refractivity contribution in [3.05, 3.63) is 0 Å². The maximum atomic E-state index is 13.2. The predicted octanol–water partition coefficient (Wildman–Crippen LogP) is 0.201. The molecule has 1 atom stereocenters. The van der Waals surface area contributed by atoms with E-state index < -0.39 is 17.7 Å². The highest BCUT2D eigenvalue weighted by Gasteiger charge is 2.58. The van der Waals surface area contributed by atoms with Gasteiger partial charge in [-0.3, -0.25) is 4.79 Å². The van der Waals surface area contributed by atoms with Crippen molar-refractivity contribution in [2.45, 2.75) is 24.8 Å². The summed E-state index contributed by atoms with van der Waals surface area (Å²) in [5.74, 6) is -5.23. The third kappa shape index (κ3) is 1.22. The maximum absolute atomic E-state index is 13.2. The van der Waals surface area contributed by atoms with Crippen LogP contribution in [0.3, 0.4) is 0 Å².